The molecule has 2 nitrogen and oxygen atoms in total. The molecule has 5 atom stereocenters. The fraction of sp³-hybridized carbons (Fsp3) is 1.00. The first-order chi connectivity index (χ1) is 8.42. The minimum Gasteiger partial charge on any atom is -0.393 e. The molecule has 0 spiro atoms. The highest BCUT2D eigenvalue weighted by Gasteiger charge is 2.59. The Morgan fingerprint density at radius 2 is 1.89 bits per heavy atom. The molecule has 0 radical (unpaired) electrons. The molecule has 104 valence electrons. The van der Waals surface area contributed by atoms with Crippen molar-refractivity contribution in [3.8, 4) is 0 Å². The van der Waals surface area contributed by atoms with Crippen molar-refractivity contribution in [1.29, 1.82) is 0 Å². The molecule has 0 saturated heterocycles. The van der Waals surface area contributed by atoms with Crippen LogP contribution in [0.25, 0.3) is 0 Å². The van der Waals surface area contributed by atoms with Crippen LogP contribution in [0.5, 0.6) is 0 Å². The molecule has 3 unspecified atom stereocenters. The molecule has 2 bridgehead atoms. The summed E-state index contributed by atoms with van der Waals surface area (Å²) in [5.74, 6) is 0.911. The molecular weight excluding hydrogens is 222 g/mol. The average molecular weight is 251 g/mol. The van der Waals surface area contributed by atoms with E-state index < -0.39 is 0 Å². The average Bonchev–Trinajstić information content (AvgIpc) is 2.76. The van der Waals surface area contributed by atoms with Crippen molar-refractivity contribution in [3.63, 3.8) is 0 Å². The largest absolute Gasteiger partial charge is 0.393 e. The van der Waals surface area contributed by atoms with Crippen molar-refractivity contribution < 1.29 is 5.11 Å². The molecule has 3 saturated carbocycles. The Morgan fingerprint density at radius 3 is 2.50 bits per heavy atom. The summed E-state index contributed by atoms with van der Waals surface area (Å²) >= 11 is 0. The van der Waals surface area contributed by atoms with Crippen molar-refractivity contribution in [2.24, 2.45) is 16.7 Å². The maximum atomic E-state index is 9.84. The smallest absolute Gasteiger partial charge is 0.0555 e. The molecule has 2 N–H and O–H groups in total. The van der Waals surface area contributed by atoms with Gasteiger partial charge < -0.3 is 10.4 Å². The van der Waals surface area contributed by atoms with E-state index in [0.717, 1.165) is 18.8 Å². The summed E-state index contributed by atoms with van der Waals surface area (Å²) < 4.78 is 0. The van der Waals surface area contributed by atoms with Crippen LogP contribution < -0.4 is 5.32 Å². The van der Waals surface area contributed by atoms with Gasteiger partial charge in [-0.2, -0.15) is 0 Å². The van der Waals surface area contributed by atoms with Gasteiger partial charge in [-0.15, -0.1) is 0 Å². The lowest BCUT2D eigenvalue weighted by Crippen LogP contribution is -2.54. The highest BCUT2D eigenvalue weighted by Crippen LogP contribution is 2.62. The van der Waals surface area contributed by atoms with Gasteiger partial charge >= 0.3 is 0 Å². The first kappa shape index (κ1) is 12.9. The third-order valence-electron chi connectivity index (χ3n) is 6.32. The highest BCUT2D eigenvalue weighted by molar-refractivity contribution is 5.12. The molecule has 2 heteroatoms. The lowest BCUT2D eigenvalue weighted by atomic mass is 9.68. The molecule has 0 aromatic heterocycles. The summed E-state index contributed by atoms with van der Waals surface area (Å²) in [7, 11) is 0. The molecule has 0 aliphatic heterocycles. The third kappa shape index (κ3) is 1.92. The molecule has 0 heterocycles. The van der Waals surface area contributed by atoms with Crippen molar-refractivity contribution in [1.82, 2.24) is 5.32 Å². The van der Waals surface area contributed by atoms with Gasteiger partial charge in [-0.05, 0) is 61.7 Å². The van der Waals surface area contributed by atoms with Crippen LogP contribution in [-0.4, -0.2) is 23.3 Å². The van der Waals surface area contributed by atoms with Gasteiger partial charge in [-0.1, -0.05) is 20.8 Å². The maximum absolute atomic E-state index is 9.84. The van der Waals surface area contributed by atoms with E-state index in [1.807, 2.05) is 0 Å². The summed E-state index contributed by atoms with van der Waals surface area (Å²) in [5, 5.41) is 13.8. The minimum atomic E-state index is -0.0641. The highest BCUT2D eigenvalue weighted by atomic mass is 16.3. The fourth-order valence-electron chi connectivity index (χ4n) is 5.27. The van der Waals surface area contributed by atoms with E-state index in [0.29, 0.717) is 22.9 Å². The van der Waals surface area contributed by atoms with Crippen LogP contribution in [0, 0.1) is 16.7 Å². The molecule has 0 aromatic carbocycles. The predicted molar refractivity (Wildman–Crippen MR) is 74.4 cm³/mol. The second-order valence-corrected chi connectivity index (χ2v) is 8.03. The van der Waals surface area contributed by atoms with Gasteiger partial charge in [0, 0.05) is 12.1 Å². The van der Waals surface area contributed by atoms with Crippen LogP contribution in [0.4, 0.5) is 0 Å². The number of rotatable bonds is 2. The Hall–Kier alpha value is -0.0800. The minimum absolute atomic E-state index is 0.0641. The molecule has 3 aliphatic carbocycles. The predicted octanol–water partition coefficient (Wildman–Crippen LogP) is 3.09. The second-order valence-electron chi connectivity index (χ2n) is 8.03. The lowest BCUT2D eigenvalue weighted by molar-refractivity contribution is 0.0648. The zero-order valence-electron chi connectivity index (χ0n) is 12.2. The number of hydrogen-bond acceptors (Lipinski definition) is 2. The number of hydrogen-bond donors (Lipinski definition) is 2. The van der Waals surface area contributed by atoms with Crippen LogP contribution in [0.3, 0.4) is 0 Å². The van der Waals surface area contributed by atoms with Gasteiger partial charge in [0.1, 0.15) is 0 Å². The summed E-state index contributed by atoms with van der Waals surface area (Å²) in [6, 6.07) is 1.20. The Morgan fingerprint density at radius 1 is 1.11 bits per heavy atom. The Kier molecular flexibility index (Phi) is 3.02. The Balaban J connectivity index is 1.71. The van der Waals surface area contributed by atoms with Crippen molar-refractivity contribution >= 4 is 0 Å². The second kappa shape index (κ2) is 4.21. The van der Waals surface area contributed by atoms with E-state index in [1.54, 1.807) is 0 Å². The third-order valence-corrected chi connectivity index (χ3v) is 6.32. The zero-order chi connectivity index (χ0) is 13.0. The number of aliphatic hydroxyl groups is 1. The van der Waals surface area contributed by atoms with E-state index in [2.05, 4.69) is 26.1 Å². The topological polar surface area (TPSA) is 32.3 Å². The molecule has 0 aromatic rings. The van der Waals surface area contributed by atoms with Crippen molar-refractivity contribution in [2.45, 2.75) is 83.9 Å². The standard InChI is InChI=1S/C16H29NO/c1-15(2)11-7-8-16(3,10-11)14(15)17-12-5-4-6-13(18)9-12/h11-14,17-18H,4-10H2,1-3H3/t11-,12?,13?,14?,16+/m0/s1. The lowest BCUT2D eigenvalue weighted by Gasteiger charge is -2.46. The quantitative estimate of drug-likeness (QED) is 0.790. The monoisotopic (exact) mass is 251 g/mol. The number of nitrogens with one attached hydrogen (secondary N) is 1. The van der Waals surface area contributed by atoms with E-state index in [-0.39, 0.29) is 6.10 Å². The van der Waals surface area contributed by atoms with Gasteiger partial charge in [0.05, 0.1) is 6.10 Å². The maximum Gasteiger partial charge on any atom is 0.0555 e. The summed E-state index contributed by atoms with van der Waals surface area (Å²) in [6.07, 6.45) is 8.58. The van der Waals surface area contributed by atoms with Crippen LogP contribution >= 0.6 is 0 Å². The van der Waals surface area contributed by atoms with E-state index in [4.69, 9.17) is 0 Å². The van der Waals surface area contributed by atoms with E-state index >= 15 is 0 Å². The van der Waals surface area contributed by atoms with E-state index in [1.165, 1.54) is 32.1 Å². The summed E-state index contributed by atoms with van der Waals surface area (Å²) in [4.78, 5) is 0. The van der Waals surface area contributed by atoms with Gasteiger partial charge in [0.2, 0.25) is 0 Å². The van der Waals surface area contributed by atoms with Crippen LogP contribution in [0.1, 0.15) is 65.7 Å². The normalized spacial score (nSPS) is 50.7. The van der Waals surface area contributed by atoms with Crippen molar-refractivity contribution in [3.05, 3.63) is 0 Å². The summed E-state index contributed by atoms with van der Waals surface area (Å²) in [6.45, 7) is 7.40. The fourth-order valence-corrected chi connectivity index (χ4v) is 5.27. The summed E-state index contributed by atoms with van der Waals surface area (Å²) in [5.41, 5.74) is 0.950. The zero-order valence-corrected chi connectivity index (χ0v) is 12.2. The molecule has 3 fully saturated rings. The molecule has 3 rings (SSSR count). The SMILES string of the molecule is CC1(C)C(NC2CCCC(O)C2)[C@]2(C)CC[C@H]1C2. The Bertz CT molecular complexity index is 322. The first-order valence-electron chi connectivity index (χ1n) is 7.86. The van der Waals surface area contributed by atoms with Gasteiger partial charge in [-0.3, -0.25) is 0 Å². The molecule has 3 aliphatic rings. The van der Waals surface area contributed by atoms with Gasteiger partial charge in [-0.25, -0.2) is 0 Å². The van der Waals surface area contributed by atoms with Crippen LogP contribution in [-0.2, 0) is 0 Å². The van der Waals surface area contributed by atoms with Crippen LogP contribution in [0.15, 0.2) is 0 Å². The van der Waals surface area contributed by atoms with Gasteiger partial charge in [0.15, 0.2) is 0 Å². The number of aliphatic hydroxyl groups excluding tert-OH is 1. The Labute approximate surface area is 112 Å². The molecule has 0 amide bonds. The van der Waals surface area contributed by atoms with Crippen molar-refractivity contribution in [2.75, 3.05) is 0 Å². The van der Waals surface area contributed by atoms with Crippen LogP contribution in [0.2, 0.25) is 0 Å². The number of fused-ring (bicyclic) bond motifs is 2. The molecular formula is C16H29NO. The first-order valence-corrected chi connectivity index (χ1v) is 7.86. The van der Waals surface area contributed by atoms with E-state index in [9.17, 15) is 5.11 Å². The molecule has 18 heavy (non-hydrogen) atoms. The van der Waals surface area contributed by atoms with Gasteiger partial charge in [0.25, 0.3) is 0 Å².